The van der Waals surface area contributed by atoms with Gasteiger partial charge in [0.05, 0.1) is 18.2 Å². The number of ether oxygens (including phenoxy) is 1. The Morgan fingerprint density at radius 2 is 1.76 bits per heavy atom. The summed E-state index contributed by atoms with van der Waals surface area (Å²) in [5.74, 6) is -0.615. The number of rotatable bonds is 8. The summed E-state index contributed by atoms with van der Waals surface area (Å²) in [5, 5.41) is 13.4. The van der Waals surface area contributed by atoms with Gasteiger partial charge >= 0.3 is 0 Å². The average molecular weight is 458 g/mol. The van der Waals surface area contributed by atoms with E-state index in [2.05, 4.69) is 6.92 Å². The molecule has 1 saturated heterocycles. The molecular weight excluding hydrogens is 426 g/mol. The van der Waals surface area contributed by atoms with Crippen molar-refractivity contribution in [1.29, 1.82) is 0 Å². The van der Waals surface area contributed by atoms with Crippen molar-refractivity contribution in [2.75, 3.05) is 13.2 Å². The smallest absolute Gasteiger partial charge is 0.295 e. The largest absolute Gasteiger partial charge is 0.507 e. The molecule has 1 aliphatic heterocycles. The van der Waals surface area contributed by atoms with Gasteiger partial charge in [0.1, 0.15) is 11.5 Å². The van der Waals surface area contributed by atoms with E-state index in [-0.39, 0.29) is 11.3 Å². The zero-order valence-electron chi connectivity index (χ0n) is 20.0. The Morgan fingerprint density at radius 3 is 2.50 bits per heavy atom. The molecule has 0 saturated carbocycles. The SMILES string of the molecule is CCCCN1C(=O)C(=O)/C(=C(\O)c2ccc(OCCC)c(C)c2)C1c1cccc2ccccc12. The molecule has 0 aliphatic carbocycles. The van der Waals surface area contributed by atoms with Gasteiger partial charge in [-0.1, -0.05) is 62.7 Å². The van der Waals surface area contributed by atoms with Crippen LogP contribution >= 0.6 is 0 Å². The van der Waals surface area contributed by atoms with E-state index < -0.39 is 17.7 Å². The van der Waals surface area contributed by atoms with Crippen LogP contribution in [0.15, 0.2) is 66.2 Å². The van der Waals surface area contributed by atoms with Crippen molar-refractivity contribution in [1.82, 2.24) is 4.90 Å². The zero-order valence-corrected chi connectivity index (χ0v) is 20.0. The first-order chi connectivity index (χ1) is 16.5. The summed E-state index contributed by atoms with van der Waals surface area (Å²) in [7, 11) is 0. The van der Waals surface area contributed by atoms with E-state index in [0.29, 0.717) is 18.7 Å². The van der Waals surface area contributed by atoms with Gasteiger partial charge in [0.15, 0.2) is 0 Å². The number of carbonyl (C=O) groups excluding carboxylic acids is 2. The molecule has 0 radical (unpaired) electrons. The van der Waals surface area contributed by atoms with Crippen LogP contribution < -0.4 is 4.74 Å². The number of nitrogens with zero attached hydrogens (tertiary/aromatic N) is 1. The van der Waals surface area contributed by atoms with Gasteiger partial charge in [-0.15, -0.1) is 0 Å². The summed E-state index contributed by atoms with van der Waals surface area (Å²) in [5.41, 5.74) is 2.34. The quantitative estimate of drug-likeness (QED) is 0.250. The first kappa shape index (κ1) is 23.6. The van der Waals surface area contributed by atoms with E-state index in [0.717, 1.165) is 46.9 Å². The minimum absolute atomic E-state index is 0.138. The second kappa shape index (κ2) is 10.1. The molecule has 1 atom stereocenters. The number of likely N-dealkylation sites (tertiary alicyclic amines) is 1. The summed E-state index contributed by atoms with van der Waals surface area (Å²) in [4.78, 5) is 28.0. The topological polar surface area (TPSA) is 66.8 Å². The van der Waals surface area contributed by atoms with Gasteiger partial charge in [0.2, 0.25) is 0 Å². The first-order valence-electron chi connectivity index (χ1n) is 12.0. The Kier molecular flexibility index (Phi) is 7.01. The van der Waals surface area contributed by atoms with Crippen molar-refractivity contribution in [2.45, 2.75) is 46.1 Å². The van der Waals surface area contributed by atoms with Crippen LogP contribution in [0.25, 0.3) is 16.5 Å². The highest BCUT2D eigenvalue weighted by Crippen LogP contribution is 2.42. The van der Waals surface area contributed by atoms with Gasteiger partial charge in [-0.3, -0.25) is 9.59 Å². The molecule has 5 heteroatoms. The van der Waals surface area contributed by atoms with Crippen LogP contribution in [0.4, 0.5) is 0 Å². The molecule has 0 aromatic heterocycles. The van der Waals surface area contributed by atoms with Crippen molar-refractivity contribution in [3.05, 3.63) is 82.9 Å². The lowest BCUT2D eigenvalue weighted by Gasteiger charge is -2.26. The molecule has 3 aromatic rings. The van der Waals surface area contributed by atoms with Gasteiger partial charge in [-0.25, -0.2) is 0 Å². The number of aliphatic hydroxyl groups excluding tert-OH is 1. The van der Waals surface area contributed by atoms with Crippen LogP contribution in [0.2, 0.25) is 0 Å². The van der Waals surface area contributed by atoms with E-state index in [1.807, 2.05) is 56.3 Å². The number of aryl methyl sites for hydroxylation is 1. The number of amides is 1. The molecule has 176 valence electrons. The number of Topliss-reactive ketones (excluding diaryl/α,β-unsaturated/α-hetero) is 1. The van der Waals surface area contributed by atoms with E-state index in [1.165, 1.54) is 0 Å². The van der Waals surface area contributed by atoms with Gasteiger partial charge in [0.25, 0.3) is 11.7 Å². The van der Waals surface area contributed by atoms with Crippen LogP contribution in [0.5, 0.6) is 5.75 Å². The fourth-order valence-corrected chi connectivity index (χ4v) is 4.58. The highest BCUT2D eigenvalue weighted by Gasteiger charge is 2.46. The van der Waals surface area contributed by atoms with Crippen molar-refractivity contribution in [2.24, 2.45) is 0 Å². The van der Waals surface area contributed by atoms with Crippen LogP contribution in [0, 0.1) is 6.92 Å². The number of benzene rings is 3. The lowest BCUT2D eigenvalue weighted by atomic mass is 9.91. The third-order valence-corrected chi connectivity index (χ3v) is 6.32. The normalized spacial score (nSPS) is 17.5. The summed E-state index contributed by atoms with van der Waals surface area (Å²) in [6, 6.07) is 18.5. The van der Waals surface area contributed by atoms with Crippen LogP contribution in [0.1, 0.15) is 55.8 Å². The number of fused-ring (bicyclic) bond motifs is 1. The molecule has 0 spiro atoms. The number of aliphatic hydroxyl groups is 1. The maximum Gasteiger partial charge on any atom is 0.295 e. The number of carbonyl (C=O) groups is 2. The van der Waals surface area contributed by atoms with Crippen molar-refractivity contribution in [3.8, 4) is 5.75 Å². The van der Waals surface area contributed by atoms with E-state index in [1.54, 1.807) is 23.1 Å². The molecule has 4 rings (SSSR count). The van der Waals surface area contributed by atoms with Gasteiger partial charge in [-0.05, 0) is 59.9 Å². The fourth-order valence-electron chi connectivity index (χ4n) is 4.58. The maximum absolute atomic E-state index is 13.3. The second-order valence-electron chi connectivity index (χ2n) is 8.74. The lowest BCUT2D eigenvalue weighted by Crippen LogP contribution is -2.30. The number of hydrogen-bond donors (Lipinski definition) is 1. The number of ketones is 1. The summed E-state index contributed by atoms with van der Waals surface area (Å²) >= 11 is 0. The summed E-state index contributed by atoms with van der Waals surface area (Å²) < 4.78 is 5.76. The molecule has 34 heavy (non-hydrogen) atoms. The highest BCUT2D eigenvalue weighted by atomic mass is 16.5. The van der Waals surface area contributed by atoms with Crippen molar-refractivity contribution >= 4 is 28.2 Å². The van der Waals surface area contributed by atoms with Crippen LogP contribution in [0.3, 0.4) is 0 Å². The molecular formula is C29H31NO4. The van der Waals surface area contributed by atoms with Gasteiger partial charge in [-0.2, -0.15) is 0 Å². The van der Waals surface area contributed by atoms with Gasteiger partial charge < -0.3 is 14.7 Å². The monoisotopic (exact) mass is 457 g/mol. The Morgan fingerprint density at radius 1 is 1.00 bits per heavy atom. The Labute approximate surface area is 200 Å². The van der Waals surface area contributed by atoms with Crippen molar-refractivity contribution in [3.63, 3.8) is 0 Å². The average Bonchev–Trinajstić information content (AvgIpc) is 3.10. The predicted molar refractivity (Wildman–Crippen MR) is 135 cm³/mol. The Hall–Kier alpha value is -3.60. The molecule has 3 aromatic carbocycles. The van der Waals surface area contributed by atoms with E-state index in [9.17, 15) is 14.7 Å². The first-order valence-corrected chi connectivity index (χ1v) is 12.0. The number of unbranched alkanes of at least 4 members (excludes halogenated alkanes) is 1. The molecule has 1 unspecified atom stereocenters. The highest BCUT2D eigenvalue weighted by molar-refractivity contribution is 6.46. The maximum atomic E-state index is 13.3. The summed E-state index contributed by atoms with van der Waals surface area (Å²) in [6.07, 6.45) is 2.56. The molecule has 5 nitrogen and oxygen atoms in total. The third kappa shape index (κ3) is 4.30. The predicted octanol–water partition coefficient (Wildman–Crippen LogP) is 6.16. The molecule has 1 N–H and O–H groups in total. The minimum atomic E-state index is -0.644. The third-order valence-electron chi connectivity index (χ3n) is 6.32. The fraction of sp³-hybridized carbons (Fsp3) is 0.310. The van der Waals surface area contributed by atoms with E-state index >= 15 is 0 Å². The molecule has 1 amide bonds. The lowest BCUT2D eigenvalue weighted by molar-refractivity contribution is -0.139. The standard InChI is InChI=1S/C29H31NO4/c1-4-6-16-30-26(23-13-9-11-20-10-7-8-12-22(20)23)25(28(32)29(30)33)27(31)21-14-15-24(19(3)18-21)34-17-5-2/h7-15,18,26,31H,4-6,16-17H2,1-3H3/b27-25-. The van der Waals surface area contributed by atoms with Crippen LogP contribution in [-0.2, 0) is 9.59 Å². The summed E-state index contributed by atoms with van der Waals surface area (Å²) in [6.45, 7) is 7.06. The zero-order chi connectivity index (χ0) is 24.2. The molecule has 0 bridgehead atoms. The minimum Gasteiger partial charge on any atom is -0.507 e. The molecule has 1 heterocycles. The van der Waals surface area contributed by atoms with E-state index in [4.69, 9.17) is 4.74 Å². The molecule has 1 fully saturated rings. The molecule has 1 aliphatic rings. The second-order valence-corrected chi connectivity index (χ2v) is 8.74. The van der Waals surface area contributed by atoms with Crippen LogP contribution in [-0.4, -0.2) is 34.8 Å². The van der Waals surface area contributed by atoms with Gasteiger partial charge in [0, 0.05) is 12.1 Å². The van der Waals surface area contributed by atoms with Crippen molar-refractivity contribution < 1.29 is 19.4 Å². The Bertz CT molecular complexity index is 1250. The Balaban J connectivity index is 1.88. The number of hydrogen-bond acceptors (Lipinski definition) is 4.